The molecule has 1 aromatic heterocycles. The average molecular weight is 316 g/mol. The van der Waals surface area contributed by atoms with Gasteiger partial charge < -0.3 is 5.32 Å². The van der Waals surface area contributed by atoms with Gasteiger partial charge in [-0.05, 0) is 39.0 Å². The van der Waals surface area contributed by atoms with Crippen molar-refractivity contribution in [3.8, 4) is 5.69 Å². The Kier molecular flexibility index (Phi) is 4.37. The molecule has 1 aromatic carbocycles. The maximum atomic E-state index is 13.4. The lowest BCUT2D eigenvalue weighted by Gasteiger charge is -2.19. The minimum atomic E-state index is -0.612. The Morgan fingerprint density at radius 3 is 2.40 bits per heavy atom. The van der Waals surface area contributed by atoms with Crippen LogP contribution in [0.4, 0.5) is 4.39 Å². The predicted octanol–water partition coefficient (Wildman–Crippen LogP) is 4.21. The Hall–Kier alpha value is -1.10. The third-order valence-corrected chi connectivity index (χ3v) is 3.23. The van der Waals surface area contributed by atoms with Crippen molar-refractivity contribution in [2.24, 2.45) is 0 Å². The molecule has 2 aromatic rings. The molecule has 0 amide bonds. The third kappa shape index (κ3) is 3.72. The highest BCUT2D eigenvalue weighted by molar-refractivity contribution is 6.35. The van der Waals surface area contributed by atoms with E-state index < -0.39 is 5.82 Å². The number of benzene rings is 1. The van der Waals surface area contributed by atoms with Crippen LogP contribution in [0.1, 0.15) is 26.5 Å². The van der Waals surface area contributed by atoms with E-state index in [1.165, 1.54) is 12.1 Å². The molecule has 0 spiro atoms. The Bertz CT molecular complexity index is 594. The van der Waals surface area contributed by atoms with Crippen molar-refractivity contribution in [2.75, 3.05) is 0 Å². The first-order valence-corrected chi connectivity index (χ1v) is 6.96. The normalized spacial score (nSPS) is 11.9. The number of rotatable bonds is 3. The summed E-state index contributed by atoms with van der Waals surface area (Å²) in [6.07, 6.45) is 1.79. The molecular formula is C14H16Cl2FN3. The number of halogens is 3. The van der Waals surface area contributed by atoms with E-state index in [2.05, 4.69) is 31.2 Å². The van der Waals surface area contributed by atoms with Gasteiger partial charge in [0.25, 0.3) is 0 Å². The summed E-state index contributed by atoms with van der Waals surface area (Å²) in [4.78, 5) is 0. The fraction of sp³-hybridized carbons (Fsp3) is 0.357. The van der Waals surface area contributed by atoms with Gasteiger partial charge in [0.1, 0.15) is 0 Å². The van der Waals surface area contributed by atoms with E-state index in [0.717, 1.165) is 5.69 Å². The monoisotopic (exact) mass is 315 g/mol. The van der Waals surface area contributed by atoms with Gasteiger partial charge in [-0.15, -0.1) is 0 Å². The van der Waals surface area contributed by atoms with Gasteiger partial charge in [0.2, 0.25) is 0 Å². The summed E-state index contributed by atoms with van der Waals surface area (Å²) < 4.78 is 15.0. The highest BCUT2D eigenvalue weighted by Gasteiger charge is 2.12. The number of hydrogen-bond donors (Lipinski definition) is 1. The zero-order valence-electron chi connectivity index (χ0n) is 11.5. The standard InChI is InChI=1S/C14H16Cl2FN3/c1-14(2,3)18-8-9-4-5-20(19-9)10-6-11(15)13(17)12(16)7-10/h4-7,18H,8H2,1-3H3. The van der Waals surface area contributed by atoms with Gasteiger partial charge >= 0.3 is 0 Å². The van der Waals surface area contributed by atoms with Crippen LogP contribution in [-0.4, -0.2) is 15.3 Å². The first-order chi connectivity index (χ1) is 9.26. The Morgan fingerprint density at radius 2 is 1.85 bits per heavy atom. The first kappa shape index (κ1) is 15.3. The van der Waals surface area contributed by atoms with E-state index in [-0.39, 0.29) is 15.6 Å². The van der Waals surface area contributed by atoms with Crippen LogP contribution in [0.3, 0.4) is 0 Å². The Labute approximate surface area is 127 Å². The second kappa shape index (κ2) is 5.72. The summed E-state index contributed by atoms with van der Waals surface area (Å²) in [6.45, 7) is 6.91. The quantitative estimate of drug-likeness (QED) is 0.860. The Morgan fingerprint density at radius 1 is 1.25 bits per heavy atom. The second-order valence-corrected chi connectivity index (χ2v) is 6.39. The highest BCUT2D eigenvalue weighted by Crippen LogP contribution is 2.26. The van der Waals surface area contributed by atoms with Gasteiger partial charge in [0.15, 0.2) is 5.82 Å². The van der Waals surface area contributed by atoms with Gasteiger partial charge in [0, 0.05) is 18.3 Å². The van der Waals surface area contributed by atoms with Crippen LogP contribution in [0.25, 0.3) is 5.69 Å². The molecule has 0 saturated heterocycles. The van der Waals surface area contributed by atoms with Crippen LogP contribution in [0.5, 0.6) is 0 Å². The zero-order chi connectivity index (χ0) is 14.9. The molecule has 108 valence electrons. The van der Waals surface area contributed by atoms with Gasteiger partial charge in [-0.25, -0.2) is 9.07 Å². The number of hydrogen-bond acceptors (Lipinski definition) is 2. The minimum absolute atomic E-state index is 0.0163. The Balaban J connectivity index is 2.21. The van der Waals surface area contributed by atoms with Gasteiger partial charge in [-0.2, -0.15) is 5.10 Å². The van der Waals surface area contributed by atoms with Crippen molar-refractivity contribution in [1.29, 1.82) is 0 Å². The van der Waals surface area contributed by atoms with E-state index in [0.29, 0.717) is 12.2 Å². The summed E-state index contributed by atoms with van der Waals surface area (Å²) in [5.74, 6) is -0.612. The maximum absolute atomic E-state index is 13.4. The SMILES string of the molecule is CC(C)(C)NCc1ccn(-c2cc(Cl)c(F)c(Cl)c2)n1. The van der Waals surface area contributed by atoms with E-state index in [1.54, 1.807) is 10.9 Å². The summed E-state index contributed by atoms with van der Waals surface area (Å²) in [7, 11) is 0. The average Bonchev–Trinajstić information content (AvgIpc) is 2.81. The van der Waals surface area contributed by atoms with Gasteiger partial charge in [-0.3, -0.25) is 0 Å². The third-order valence-electron chi connectivity index (χ3n) is 2.68. The van der Waals surface area contributed by atoms with E-state index in [4.69, 9.17) is 23.2 Å². The summed E-state index contributed by atoms with van der Waals surface area (Å²) in [5, 5.41) is 7.72. The van der Waals surface area contributed by atoms with Gasteiger partial charge in [0.05, 0.1) is 21.4 Å². The van der Waals surface area contributed by atoms with E-state index in [1.807, 2.05) is 6.07 Å². The molecule has 2 rings (SSSR count). The smallest absolute Gasteiger partial charge is 0.160 e. The molecular weight excluding hydrogens is 300 g/mol. The van der Waals surface area contributed by atoms with Crippen molar-refractivity contribution in [3.63, 3.8) is 0 Å². The lowest BCUT2D eigenvalue weighted by Crippen LogP contribution is -2.35. The molecule has 1 heterocycles. The van der Waals surface area contributed by atoms with Crippen LogP contribution >= 0.6 is 23.2 Å². The van der Waals surface area contributed by atoms with Crippen molar-refractivity contribution in [3.05, 3.63) is 46.0 Å². The molecule has 0 aliphatic rings. The van der Waals surface area contributed by atoms with Crippen LogP contribution < -0.4 is 5.32 Å². The molecule has 6 heteroatoms. The van der Waals surface area contributed by atoms with Crippen molar-refractivity contribution in [2.45, 2.75) is 32.9 Å². The van der Waals surface area contributed by atoms with E-state index >= 15 is 0 Å². The molecule has 0 bridgehead atoms. The molecule has 0 atom stereocenters. The number of nitrogens with one attached hydrogen (secondary N) is 1. The minimum Gasteiger partial charge on any atom is -0.306 e. The molecule has 1 N–H and O–H groups in total. The largest absolute Gasteiger partial charge is 0.306 e. The van der Waals surface area contributed by atoms with Crippen LogP contribution in [0.2, 0.25) is 10.0 Å². The summed E-state index contributed by atoms with van der Waals surface area (Å²) >= 11 is 11.6. The predicted molar refractivity (Wildman–Crippen MR) is 80.1 cm³/mol. The lowest BCUT2D eigenvalue weighted by molar-refractivity contribution is 0.420. The second-order valence-electron chi connectivity index (χ2n) is 5.58. The van der Waals surface area contributed by atoms with Crippen LogP contribution in [0, 0.1) is 5.82 Å². The molecule has 0 saturated carbocycles. The topological polar surface area (TPSA) is 29.9 Å². The van der Waals surface area contributed by atoms with Crippen molar-refractivity contribution >= 4 is 23.2 Å². The summed E-state index contributed by atoms with van der Waals surface area (Å²) in [5.41, 5.74) is 1.53. The van der Waals surface area contributed by atoms with E-state index in [9.17, 15) is 4.39 Å². The molecule has 0 aliphatic heterocycles. The van der Waals surface area contributed by atoms with Gasteiger partial charge in [-0.1, -0.05) is 23.2 Å². The molecule has 0 aliphatic carbocycles. The first-order valence-electron chi connectivity index (χ1n) is 6.21. The van der Waals surface area contributed by atoms with Crippen molar-refractivity contribution < 1.29 is 4.39 Å². The van der Waals surface area contributed by atoms with Crippen LogP contribution in [-0.2, 0) is 6.54 Å². The van der Waals surface area contributed by atoms with Crippen molar-refractivity contribution in [1.82, 2.24) is 15.1 Å². The summed E-state index contributed by atoms with van der Waals surface area (Å²) in [6, 6.07) is 4.89. The fourth-order valence-corrected chi connectivity index (χ4v) is 2.11. The highest BCUT2D eigenvalue weighted by atomic mass is 35.5. The molecule has 20 heavy (non-hydrogen) atoms. The number of aromatic nitrogens is 2. The number of nitrogens with zero attached hydrogens (tertiary/aromatic N) is 2. The van der Waals surface area contributed by atoms with Crippen LogP contribution in [0.15, 0.2) is 24.4 Å². The molecule has 3 nitrogen and oxygen atoms in total. The molecule has 0 radical (unpaired) electrons. The maximum Gasteiger partial charge on any atom is 0.160 e. The fourth-order valence-electron chi connectivity index (χ4n) is 1.63. The molecule has 0 fully saturated rings. The zero-order valence-corrected chi connectivity index (χ0v) is 13.1. The lowest BCUT2D eigenvalue weighted by atomic mass is 10.1. The molecule has 0 unspecified atom stereocenters.